The van der Waals surface area contributed by atoms with Crippen LogP contribution in [0.5, 0.6) is 0 Å². The van der Waals surface area contributed by atoms with Crippen molar-refractivity contribution in [2.24, 2.45) is 10.7 Å². The van der Waals surface area contributed by atoms with Crippen molar-refractivity contribution in [2.45, 2.75) is 6.42 Å². The van der Waals surface area contributed by atoms with Crippen molar-refractivity contribution < 1.29 is 0 Å². The molecular weight excluding hydrogens is 152 g/mol. The summed E-state index contributed by atoms with van der Waals surface area (Å²) in [6.45, 7) is 0.889. The van der Waals surface area contributed by atoms with Crippen LogP contribution >= 0.6 is 24.0 Å². The molecule has 2 N–H and O–H groups in total. The van der Waals surface area contributed by atoms with E-state index in [1.165, 1.54) is 0 Å². The van der Waals surface area contributed by atoms with Gasteiger partial charge in [-0.05, 0) is 6.42 Å². The molecule has 0 aromatic rings. The molecular formula is C5H8N2S2. The maximum atomic E-state index is 5.35. The summed E-state index contributed by atoms with van der Waals surface area (Å²) < 4.78 is 0. The van der Waals surface area contributed by atoms with Crippen LogP contribution in [0.3, 0.4) is 0 Å². The Hall–Kier alpha value is -0.0900. The SMILES string of the molecule is NC(=S)C1=NCCCS1. The average molecular weight is 160 g/mol. The maximum Gasteiger partial charge on any atom is 0.128 e. The molecule has 0 aromatic carbocycles. The van der Waals surface area contributed by atoms with Gasteiger partial charge in [-0.2, -0.15) is 0 Å². The van der Waals surface area contributed by atoms with E-state index in [0.29, 0.717) is 4.99 Å². The van der Waals surface area contributed by atoms with Crippen LogP contribution < -0.4 is 5.73 Å². The molecule has 1 aliphatic heterocycles. The Morgan fingerprint density at radius 3 is 2.89 bits per heavy atom. The van der Waals surface area contributed by atoms with Crippen LogP contribution in [0.2, 0.25) is 0 Å². The Bertz CT molecular complexity index is 153. The molecule has 0 saturated carbocycles. The lowest BCUT2D eigenvalue weighted by Crippen LogP contribution is -2.21. The minimum atomic E-state index is 0.444. The van der Waals surface area contributed by atoms with E-state index in [1.54, 1.807) is 11.8 Å². The predicted molar refractivity (Wildman–Crippen MR) is 46.2 cm³/mol. The van der Waals surface area contributed by atoms with Gasteiger partial charge in [0.1, 0.15) is 10.0 Å². The molecule has 0 radical (unpaired) electrons. The van der Waals surface area contributed by atoms with Gasteiger partial charge in [-0.1, -0.05) is 12.2 Å². The first kappa shape index (κ1) is 7.02. The normalized spacial score (nSPS) is 18.9. The largest absolute Gasteiger partial charge is 0.388 e. The highest BCUT2D eigenvalue weighted by atomic mass is 32.2. The minimum absolute atomic E-state index is 0.444. The van der Waals surface area contributed by atoms with Crippen LogP contribution in [0.15, 0.2) is 4.99 Å². The van der Waals surface area contributed by atoms with Crippen molar-refractivity contribution in [1.82, 2.24) is 0 Å². The van der Waals surface area contributed by atoms with Crippen molar-refractivity contribution in [3.05, 3.63) is 0 Å². The van der Waals surface area contributed by atoms with E-state index < -0.39 is 0 Å². The smallest absolute Gasteiger partial charge is 0.128 e. The average Bonchev–Trinajstić information content (AvgIpc) is 1.90. The maximum absolute atomic E-state index is 5.35. The first-order chi connectivity index (χ1) is 4.30. The predicted octanol–water partition coefficient (Wildman–Crippen LogP) is 0.808. The number of hydrogen-bond donors (Lipinski definition) is 1. The number of thiocarbonyl (C=S) groups is 1. The molecule has 0 atom stereocenters. The number of nitrogens with two attached hydrogens (primary N) is 1. The van der Waals surface area contributed by atoms with Gasteiger partial charge in [0, 0.05) is 12.3 Å². The lowest BCUT2D eigenvalue weighted by Gasteiger charge is -2.08. The molecule has 50 valence electrons. The van der Waals surface area contributed by atoms with Crippen molar-refractivity contribution in [2.75, 3.05) is 12.3 Å². The van der Waals surface area contributed by atoms with E-state index in [9.17, 15) is 0 Å². The van der Waals surface area contributed by atoms with Gasteiger partial charge in [-0.15, -0.1) is 11.8 Å². The standard InChI is InChI=1S/C5H8N2S2/c6-4(8)5-7-2-1-3-9-5/h1-3H2,(H2,6,8). The molecule has 0 aliphatic carbocycles. The Labute approximate surface area is 63.9 Å². The summed E-state index contributed by atoms with van der Waals surface area (Å²) in [7, 11) is 0. The van der Waals surface area contributed by atoms with Crippen LogP contribution in [-0.4, -0.2) is 22.3 Å². The fraction of sp³-hybridized carbons (Fsp3) is 0.600. The van der Waals surface area contributed by atoms with Crippen LogP contribution in [0.25, 0.3) is 0 Å². The van der Waals surface area contributed by atoms with Crippen LogP contribution in [-0.2, 0) is 0 Å². The lowest BCUT2D eigenvalue weighted by atomic mass is 10.5. The molecule has 0 spiro atoms. The Kier molecular flexibility index (Phi) is 2.48. The van der Waals surface area contributed by atoms with E-state index in [2.05, 4.69) is 4.99 Å². The Morgan fingerprint density at radius 2 is 2.56 bits per heavy atom. The zero-order valence-corrected chi connectivity index (χ0v) is 6.60. The van der Waals surface area contributed by atoms with Crippen molar-refractivity contribution in [3.63, 3.8) is 0 Å². The van der Waals surface area contributed by atoms with Gasteiger partial charge >= 0.3 is 0 Å². The van der Waals surface area contributed by atoms with Crippen LogP contribution in [0.4, 0.5) is 0 Å². The third-order valence-corrected chi connectivity index (χ3v) is 2.45. The van der Waals surface area contributed by atoms with E-state index in [1.807, 2.05) is 0 Å². The highest BCUT2D eigenvalue weighted by Crippen LogP contribution is 2.11. The zero-order valence-electron chi connectivity index (χ0n) is 4.96. The number of aliphatic imine (C=N–C) groups is 1. The van der Waals surface area contributed by atoms with Crippen molar-refractivity contribution in [1.29, 1.82) is 0 Å². The monoisotopic (exact) mass is 160 g/mol. The summed E-state index contributed by atoms with van der Waals surface area (Å²) in [5, 5.41) is 0.858. The first-order valence-electron chi connectivity index (χ1n) is 2.78. The summed E-state index contributed by atoms with van der Waals surface area (Å²) in [5.74, 6) is 1.11. The topological polar surface area (TPSA) is 38.4 Å². The Morgan fingerprint density at radius 1 is 1.78 bits per heavy atom. The van der Waals surface area contributed by atoms with Gasteiger partial charge in [0.05, 0.1) is 0 Å². The van der Waals surface area contributed by atoms with Gasteiger partial charge in [-0.3, -0.25) is 4.99 Å². The lowest BCUT2D eigenvalue weighted by molar-refractivity contribution is 0.941. The van der Waals surface area contributed by atoms with Crippen LogP contribution in [0.1, 0.15) is 6.42 Å². The first-order valence-corrected chi connectivity index (χ1v) is 4.17. The summed E-state index contributed by atoms with van der Waals surface area (Å²) in [5.41, 5.74) is 5.35. The summed E-state index contributed by atoms with van der Waals surface area (Å²) >= 11 is 6.40. The van der Waals surface area contributed by atoms with Crippen molar-refractivity contribution in [3.8, 4) is 0 Å². The van der Waals surface area contributed by atoms with Gasteiger partial charge < -0.3 is 5.73 Å². The quantitative estimate of drug-likeness (QED) is 0.577. The van der Waals surface area contributed by atoms with Crippen molar-refractivity contribution >= 4 is 34.0 Å². The molecule has 0 unspecified atom stereocenters. The number of rotatable bonds is 1. The highest BCUT2D eigenvalue weighted by molar-refractivity contribution is 8.17. The van der Waals surface area contributed by atoms with E-state index in [4.69, 9.17) is 18.0 Å². The molecule has 1 rings (SSSR count). The molecule has 1 aliphatic rings. The second-order valence-corrected chi connectivity index (χ2v) is 3.28. The second kappa shape index (κ2) is 3.17. The molecule has 2 nitrogen and oxygen atoms in total. The molecule has 0 aromatic heterocycles. The molecule has 4 heteroatoms. The Balaban J connectivity index is 2.57. The number of hydrogen-bond acceptors (Lipinski definition) is 3. The summed E-state index contributed by atoms with van der Waals surface area (Å²) in [4.78, 5) is 4.59. The van der Waals surface area contributed by atoms with Crippen LogP contribution in [0, 0.1) is 0 Å². The zero-order chi connectivity index (χ0) is 6.69. The molecule has 9 heavy (non-hydrogen) atoms. The molecule has 0 fully saturated rings. The molecule has 0 amide bonds. The number of thioether (sulfide) groups is 1. The fourth-order valence-electron chi connectivity index (χ4n) is 0.609. The van der Waals surface area contributed by atoms with E-state index in [-0.39, 0.29) is 0 Å². The summed E-state index contributed by atoms with van der Waals surface area (Å²) in [6.07, 6.45) is 1.15. The fourth-order valence-corrected chi connectivity index (χ4v) is 1.64. The van der Waals surface area contributed by atoms with Gasteiger partial charge in [0.2, 0.25) is 0 Å². The molecule has 0 bridgehead atoms. The number of nitrogens with zero attached hydrogens (tertiary/aromatic N) is 1. The van der Waals surface area contributed by atoms with E-state index >= 15 is 0 Å². The third-order valence-electron chi connectivity index (χ3n) is 1.01. The molecule has 1 heterocycles. The highest BCUT2D eigenvalue weighted by Gasteiger charge is 2.06. The third kappa shape index (κ3) is 1.95. The summed E-state index contributed by atoms with van der Waals surface area (Å²) in [6, 6.07) is 0. The second-order valence-electron chi connectivity index (χ2n) is 1.75. The van der Waals surface area contributed by atoms with E-state index in [0.717, 1.165) is 23.8 Å². The van der Waals surface area contributed by atoms with Gasteiger partial charge in [0.25, 0.3) is 0 Å². The molecule has 0 saturated heterocycles. The minimum Gasteiger partial charge on any atom is -0.388 e. The van der Waals surface area contributed by atoms with Gasteiger partial charge in [0.15, 0.2) is 0 Å². The van der Waals surface area contributed by atoms with Gasteiger partial charge in [-0.25, -0.2) is 0 Å².